The van der Waals surface area contributed by atoms with Crippen LogP contribution in [0.3, 0.4) is 0 Å². The highest BCUT2D eigenvalue weighted by Gasteiger charge is 1.98. The number of carboxylic acid groups (broad SMARTS) is 1. The fourth-order valence-corrected chi connectivity index (χ4v) is 2.02. The highest BCUT2D eigenvalue weighted by molar-refractivity contribution is 5.66. The third kappa shape index (κ3) is 15.1. The Balaban J connectivity index is 3.29. The summed E-state index contributed by atoms with van der Waals surface area (Å²) in [7, 11) is 0. The van der Waals surface area contributed by atoms with E-state index in [0.717, 1.165) is 44.9 Å². The zero-order valence-electron chi connectivity index (χ0n) is 12.3. The predicted molar refractivity (Wildman–Crippen MR) is 79.2 cm³/mol. The minimum Gasteiger partial charge on any atom is -0.481 e. The van der Waals surface area contributed by atoms with Crippen molar-refractivity contribution in [2.24, 2.45) is 0 Å². The molecule has 0 aliphatic heterocycles. The van der Waals surface area contributed by atoms with Crippen LogP contribution in [0.2, 0.25) is 0 Å². The summed E-state index contributed by atoms with van der Waals surface area (Å²) < 4.78 is 0. The van der Waals surface area contributed by atoms with Crippen molar-refractivity contribution in [2.45, 2.75) is 83.7 Å². The molecule has 0 radical (unpaired) electrons. The zero-order chi connectivity index (χ0) is 14.3. The van der Waals surface area contributed by atoms with E-state index >= 15 is 0 Å². The van der Waals surface area contributed by atoms with Crippen LogP contribution in [0.25, 0.3) is 0 Å². The molecule has 3 nitrogen and oxygen atoms in total. The number of aliphatic carboxylic acids is 1. The first-order valence-corrected chi connectivity index (χ1v) is 7.73. The predicted octanol–water partition coefficient (Wildman–Crippen LogP) is 4.30. The van der Waals surface area contributed by atoms with Gasteiger partial charge in [-0.15, -0.1) is 0 Å². The second kappa shape index (κ2) is 13.6. The topological polar surface area (TPSA) is 57.5 Å². The van der Waals surface area contributed by atoms with Crippen molar-refractivity contribution in [3.05, 3.63) is 12.2 Å². The van der Waals surface area contributed by atoms with Crippen molar-refractivity contribution in [3.8, 4) is 0 Å². The Kier molecular flexibility index (Phi) is 13.0. The summed E-state index contributed by atoms with van der Waals surface area (Å²) in [5.41, 5.74) is 0. The number of unbranched alkanes of at least 4 members (excludes halogenated alkanes) is 7. The third-order valence-electron chi connectivity index (χ3n) is 3.22. The second-order valence-electron chi connectivity index (χ2n) is 5.19. The SMILES string of the molecule is CCCCCCC(O)C=CCCCCCCC(=O)O. The lowest BCUT2D eigenvalue weighted by atomic mass is 10.1. The molecule has 1 atom stereocenters. The second-order valence-corrected chi connectivity index (χ2v) is 5.19. The first kappa shape index (κ1) is 18.2. The van der Waals surface area contributed by atoms with E-state index in [0.29, 0.717) is 0 Å². The summed E-state index contributed by atoms with van der Waals surface area (Å²) in [5, 5.41) is 18.2. The molecule has 0 aromatic carbocycles. The lowest BCUT2D eigenvalue weighted by Gasteiger charge is -2.04. The van der Waals surface area contributed by atoms with Crippen LogP contribution >= 0.6 is 0 Å². The minimum atomic E-state index is -0.703. The zero-order valence-corrected chi connectivity index (χ0v) is 12.3. The Hall–Kier alpha value is -0.830. The van der Waals surface area contributed by atoms with Gasteiger partial charge in [0.15, 0.2) is 0 Å². The van der Waals surface area contributed by atoms with Crippen molar-refractivity contribution >= 4 is 5.97 Å². The molecule has 1 unspecified atom stereocenters. The van der Waals surface area contributed by atoms with E-state index in [4.69, 9.17) is 5.11 Å². The van der Waals surface area contributed by atoms with Crippen molar-refractivity contribution in [3.63, 3.8) is 0 Å². The minimum absolute atomic E-state index is 0.284. The summed E-state index contributed by atoms with van der Waals surface area (Å²) in [6.07, 6.45) is 14.5. The van der Waals surface area contributed by atoms with E-state index in [1.165, 1.54) is 19.3 Å². The Morgan fingerprint density at radius 3 is 2.42 bits per heavy atom. The van der Waals surface area contributed by atoms with Gasteiger partial charge < -0.3 is 10.2 Å². The Morgan fingerprint density at radius 2 is 1.74 bits per heavy atom. The lowest BCUT2D eigenvalue weighted by molar-refractivity contribution is -0.137. The van der Waals surface area contributed by atoms with Crippen molar-refractivity contribution < 1.29 is 15.0 Å². The maximum absolute atomic E-state index is 10.3. The number of aliphatic hydroxyl groups is 1. The standard InChI is InChI=1S/C16H30O3/c1-2-3-4-9-12-15(17)13-10-7-5-6-8-11-14-16(18)19/h10,13,15,17H,2-9,11-12,14H2,1H3,(H,18,19). The monoisotopic (exact) mass is 270 g/mol. The van der Waals surface area contributed by atoms with Crippen LogP contribution in [0.5, 0.6) is 0 Å². The van der Waals surface area contributed by atoms with E-state index in [-0.39, 0.29) is 12.5 Å². The van der Waals surface area contributed by atoms with E-state index < -0.39 is 5.97 Å². The van der Waals surface area contributed by atoms with Gasteiger partial charge in [-0.25, -0.2) is 0 Å². The van der Waals surface area contributed by atoms with Gasteiger partial charge in [0.2, 0.25) is 0 Å². The smallest absolute Gasteiger partial charge is 0.303 e. The molecule has 0 aliphatic rings. The van der Waals surface area contributed by atoms with Gasteiger partial charge in [0.25, 0.3) is 0 Å². The summed E-state index contributed by atoms with van der Waals surface area (Å²) in [6, 6.07) is 0. The van der Waals surface area contributed by atoms with Crippen LogP contribution in [0, 0.1) is 0 Å². The number of allylic oxidation sites excluding steroid dienone is 1. The van der Waals surface area contributed by atoms with Gasteiger partial charge in [0, 0.05) is 6.42 Å². The molecule has 0 spiro atoms. The maximum atomic E-state index is 10.3. The van der Waals surface area contributed by atoms with Crippen LogP contribution < -0.4 is 0 Å². The normalized spacial score (nSPS) is 12.9. The molecular formula is C16H30O3. The van der Waals surface area contributed by atoms with E-state index in [1.54, 1.807) is 0 Å². The largest absolute Gasteiger partial charge is 0.481 e. The van der Waals surface area contributed by atoms with Crippen LogP contribution in [0.4, 0.5) is 0 Å². The molecule has 112 valence electrons. The molecule has 0 amide bonds. The number of hydrogen-bond donors (Lipinski definition) is 2. The first-order valence-electron chi connectivity index (χ1n) is 7.73. The Labute approximate surface area is 117 Å². The molecule has 0 rings (SSSR count). The van der Waals surface area contributed by atoms with Crippen LogP contribution in [0.1, 0.15) is 77.6 Å². The van der Waals surface area contributed by atoms with Gasteiger partial charge >= 0.3 is 5.97 Å². The maximum Gasteiger partial charge on any atom is 0.303 e. The summed E-state index contributed by atoms with van der Waals surface area (Å²) in [5.74, 6) is -0.703. The fourth-order valence-electron chi connectivity index (χ4n) is 2.02. The fraction of sp³-hybridized carbons (Fsp3) is 0.812. The van der Waals surface area contributed by atoms with Crippen molar-refractivity contribution in [1.82, 2.24) is 0 Å². The van der Waals surface area contributed by atoms with E-state index in [2.05, 4.69) is 13.0 Å². The Bertz CT molecular complexity index is 236. The molecule has 0 aromatic rings. The lowest BCUT2D eigenvalue weighted by Crippen LogP contribution is -2.01. The molecule has 0 aromatic heterocycles. The van der Waals surface area contributed by atoms with E-state index in [1.807, 2.05) is 6.08 Å². The molecular weight excluding hydrogens is 240 g/mol. The molecule has 19 heavy (non-hydrogen) atoms. The first-order chi connectivity index (χ1) is 9.16. The van der Waals surface area contributed by atoms with Crippen molar-refractivity contribution in [2.75, 3.05) is 0 Å². The average molecular weight is 270 g/mol. The number of rotatable bonds is 13. The molecule has 0 bridgehead atoms. The van der Waals surface area contributed by atoms with Gasteiger partial charge in [0.1, 0.15) is 0 Å². The van der Waals surface area contributed by atoms with Gasteiger partial charge in [0.05, 0.1) is 6.10 Å². The van der Waals surface area contributed by atoms with Gasteiger partial charge in [-0.05, 0) is 25.7 Å². The van der Waals surface area contributed by atoms with Crippen molar-refractivity contribution in [1.29, 1.82) is 0 Å². The summed E-state index contributed by atoms with van der Waals surface area (Å²) >= 11 is 0. The molecule has 2 N–H and O–H groups in total. The van der Waals surface area contributed by atoms with Gasteiger partial charge in [-0.3, -0.25) is 4.79 Å². The number of carbonyl (C=O) groups is 1. The highest BCUT2D eigenvalue weighted by Crippen LogP contribution is 2.08. The quantitative estimate of drug-likeness (QED) is 0.387. The molecule has 0 aliphatic carbocycles. The molecule has 0 saturated carbocycles. The Morgan fingerprint density at radius 1 is 1.05 bits per heavy atom. The summed E-state index contributed by atoms with van der Waals surface area (Å²) in [4.78, 5) is 10.3. The van der Waals surface area contributed by atoms with Gasteiger partial charge in [-0.2, -0.15) is 0 Å². The summed E-state index contributed by atoms with van der Waals surface area (Å²) in [6.45, 7) is 2.19. The molecule has 0 fully saturated rings. The van der Waals surface area contributed by atoms with Gasteiger partial charge in [-0.1, -0.05) is 57.6 Å². The van der Waals surface area contributed by atoms with E-state index in [9.17, 15) is 9.90 Å². The highest BCUT2D eigenvalue weighted by atomic mass is 16.4. The number of aliphatic hydroxyl groups excluding tert-OH is 1. The molecule has 0 saturated heterocycles. The van der Waals surface area contributed by atoms with Crippen LogP contribution in [0.15, 0.2) is 12.2 Å². The number of hydrogen-bond acceptors (Lipinski definition) is 2. The molecule has 3 heteroatoms. The third-order valence-corrected chi connectivity index (χ3v) is 3.22. The molecule has 0 heterocycles. The number of carboxylic acids is 1. The average Bonchev–Trinajstić information content (AvgIpc) is 2.37. The van der Waals surface area contributed by atoms with Crippen LogP contribution in [-0.4, -0.2) is 22.3 Å². The van der Waals surface area contributed by atoms with Crippen LogP contribution in [-0.2, 0) is 4.79 Å².